The van der Waals surface area contributed by atoms with Crippen molar-refractivity contribution in [3.05, 3.63) is 0 Å². The first-order chi connectivity index (χ1) is 8.69. The van der Waals surface area contributed by atoms with Crippen molar-refractivity contribution in [3.8, 4) is 0 Å². The molecule has 3 N–H and O–H groups in total. The lowest BCUT2D eigenvalue weighted by Crippen LogP contribution is -2.55. The van der Waals surface area contributed by atoms with Crippen LogP contribution >= 0.6 is 0 Å². The zero-order valence-corrected chi connectivity index (χ0v) is 12.7. The second kappa shape index (κ2) is 8.13. The van der Waals surface area contributed by atoms with Crippen LogP contribution in [0.2, 0.25) is 0 Å². The molecule has 1 aliphatic rings. The molecule has 0 bridgehead atoms. The summed E-state index contributed by atoms with van der Waals surface area (Å²) in [5.74, 6) is 0.939. The van der Waals surface area contributed by atoms with Gasteiger partial charge in [-0.15, -0.1) is 0 Å². The van der Waals surface area contributed by atoms with Crippen LogP contribution in [0.25, 0.3) is 0 Å². The molecule has 0 aliphatic heterocycles. The Hall–Kier alpha value is -0.120. The zero-order chi connectivity index (χ0) is 13.4. The summed E-state index contributed by atoms with van der Waals surface area (Å²) in [5.41, 5.74) is 6.27. The van der Waals surface area contributed by atoms with Crippen molar-refractivity contribution in [2.75, 3.05) is 32.7 Å². The van der Waals surface area contributed by atoms with Crippen LogP contribution in [0.4, 0.5) is 0 Å². The Kier molecular flexibility index (Phi) is 7.20. The Labute approximate surface area is 113 Å². The number of likely N-dealkylation sites (N-methyl/N-ethyl adjacent to an activating group) is 1. The van der Waals surface area contributed by atoms with Crippen molar-refractivity contribution >= 4 is 0 Å². The van der Waals surface area contributed by atoms with Gasteiger partial charge in [0.25, 0.3) is 0 Å². The van der Waals surface area contributed by atoms with Gasteiger partial charge in [-0.3, -0.25) is 0 Å². The SMILES string of the molecule is CCC1CCC(CN)(NCCN(CC)CC)CC1. The van der Waals surface area contributed by atoms with E-state index >= 15 is 0 Å². The van der Waals surface area contributed by atoms with Gasteiger partial charge in [0.15, 0.2) is 0 Å². The molecule has 3 nitrogen and oxygen atoms in total. The molecule has 0 amide bonds. The first-order valence-corrected chi connectivity index (χ1v) is 7.87. The summed E-state index contributed by atoms with van der Waals surface area (Å²) in [6.45, 7) is 12.1. The lowest BCUT2D eigenvalue weighted by molar-refractivity contribution is 0.182. The van der Waals surface area contributed by atoms with Gasteiger partial charge in [0, 0.05) is 25.2 Å². The van der Waals surface area contributed by atoms with E-state index in [1.165, 1.54) is 32.1 Å². The van der Waals surface area contributed by atoms with Gasteiger partial charge in [-0.2, -0.15) is 0 Å². The highest BCUT2D eigenvalue weighted by Crippen LogP contribution is 2.32. The third-order valence-corrected chi connectivity index (χ3v) is 4.85. The van der Waals surface area contributed by atoms with Gasteiger partial charge in [-0.25, -0.2) is 0 Å². The number of nitrogens with two attached hydrogens (primary N) is 1. The molecule has 1 saturated carbocycles. The molecule has 1 aliphatic carbocycles. The minimum atomic E-state index is 0.235. The molecule has 18 heavy (non-hydrogen) atoms. The average molecular weight is 255 g/mol. The summed E-state index contributed by atoms with van der Waals surface area (Å²) in [7, 11) is 0. The van der Waals surface area contributed by atoms with Crippen molar-refractivity contribution in [2.45, 2.75) is 58.4 Å². The van der Waals surface area contributed by atoms with E-state index in [1.807, 2.05) is 0 Å². The second-order valence-electron chi connectivity index (χ2n) is 5.79. The molecule has 3 heteroatoms. The highest BCUT2D eigenvalue weighted by atomic mass is 15.1. The van der Waals surface area contributed by atoms with Gasteiger partial charge in [-0.05, 0) is 44.7 Å². The molecule has 0 unspecified atom stereocenters. The monoisotopic (exact) mass is 255 g/mol. The standard InChI is InChI=1S/C15H33N3/c1-4-14-7-9-15(13-16,10-8-14)17-11-12-18(5-2)6-3/h14,17H,4-13,16H2,1-3H3. The predicted molar refractivity (Wildman–Crippen MR) is 79.8 cm³/mol. The van der Waals surface area contributed by atoms with E-state index in [1.54, 1.807) is 0 Å². The topological polar surface area (TPSA) is 41.3 Å². The lowest BCUT2D eigenvalue weighted by Gasteiger charge is -2.40. The van der Waals surface area contributed by atoms with E-state index in [9.17, 15) is 0 Å². The summed E-state index contributed by atoms with van der Waals surface area (Å²) in [5, 5.41) is 3.76. The van der Waals surface area contributed by atoms with Crippen molar-refractivity contribution in [1.82, 2.24) is 10.2 Å². The van der Waals surface area contributed by atoms with Gasteiger partial charge in [0.2, 0.25) is 0 Å². The van der Waals surface area contributed by atoms with Crippen LogP contribution in [0, 0.1) is 5.92 Å². The summed E-state index contributed by atoms with van der Waals surface area (Å²) >= 11 is 0. The average Bonchev–Trinajstić information content (AvgIpc) is 2.44. The summed E-state index contributed by atoms with van der Waals surface area (Å²) in [6, 6.07) is 0. The van der Waals surface area contributed by atoms with Crippen LogP contribution in [-0.2, 0) is 0 Å². The van der Waals surface area contributed by atoms with E-state index in [0.717, 1.165) is 38.6 Å². The van der Waals surface area contributed by atoms with Gasteiger partial charge in [-0.1, -0.05) is 27.2 Å². The van der Waals surface area contributed by atoms with Crippen LogP contribution in [-0.4, -0.2) is 43.2 Å². The minimum Gasteiger partial charge on any atom is -0.329 e. The molecule has 0 atom stereocenters. The van der Waals surface area contributed by atoms with Gasteiger partial charge < -0.3 is 16.0 Å². The predicted octanol–water partition coefficient (Wildman–Crippen LogP) is 2.22. The fourth-order valence-electron chi connectivity index (χ4n) is 3.11. The molecule has 0 aromatic rings. The minimum absolute atomic E-state index is 0.235. The van der Waals surface area contributed by atoms with Crippen LogP contribution in [0.5, 0.6) is 0 Å². The van der Waals surface area contributed by atoms with E-state index in [2.05, 4.69) is 31.0 Å². The first kappa shape index (κ1) is 15.9. The van der Waals surface area contributed by atoms with Crippen LogP contribution < -0.4 is 11.1 Å². The molecule has 0 heterocycles. The third kappa shape index (κ3) is 4.52. The molecule has 1 rings (SSSR count). The number of hydrogen-bond acceptors (Lipinski definition) is 3. The molecular weight excluding hydrogens is 222 g/mol. The number of nitrogens with one attached hydrogen (secondary N) is 1. The fraction of sp³-hybridized carbons (Fsp3) is 1.00. The maximum Gasteiger partial charge on any atom is 0.0304 e. The van der Waals surface area contributed by atoms with Crippen LogP contribution in [0.1, 0.15) is 52.9 Å². The Morgan fingerprint density at radius 3 is 2.22 bits per heavy atom. The van der Waals surface area contributed by atoms with Gasteiger partial charge in [0.1, 0.15) is 0 Å². The maximum atomic E-state index is 6.03. The van der Waals surface area contributed by atoms with Crippen molar-refractivity contribution in [2.24, 2.45) is 11.7 Å². The van der Waals surface area contributed by atoms with E-state index in [-0.39, 0.29) is 5.54 Å². The Bertz CT molecular complexity index is 206. The summed E-state index contributed by atoms with van der Waals surface area (Å²) < 4.78 is 0. The number of hydrogen-bond donors (Lipinski definition) is 2. The van der Waals surface area contributed by atoms with Crippen molar-refractivity contribution in [1.29, 1.82) is 0 Å². The summed E-state index contributed by atoms with van der Waals surface area (Å²) in [6.07, 6.45) is 6.57. The maximum absolute atomic E-state index is 6.03. The van der Waals surface area contributed by atoms with E-state index < -0.39 is 0 Å². The fourth-order valence-corrected chi connectivity index (χ4v) is 3.11. The van der Waals surface area contributed by atoms with E-state index in [0.29, 0.717) is 0 Å². The molecule has 0 spiro atoms. The Morgan fingerprint density at radius 2 is 1.78 bits per heavy atom. The third-order valence-electron chi connectivity index (χ3n) is 4.85. The van der Waals surface area contributed by atoms with Gasteiger partial charge >= 0.3 is 0 Å². The zero-order valence-electron chi connectivity index (χ0n) is 12.7. The summed E-state index contributed by atoms with van der Waals surface area (Å²) in [4.78, 5) is 2.47. The molecule has 1 fully saturated rings. The first-order valence-electron chi connectivity index (χ1n) is 7.87. The molecular formula is C15H33N3. The van der Waals surface area contributed by atoms with Crippen molar-refractivity contribution < 1.29 is 0 Å². The molecule has 0 saturated heterocycles. The second-order valence-corrected chi connectivity index (χ2v) is 5.79. The van der Waals surface area contributed by atoms with Gasteiger partial charge in [0.05, 0.1) is 0 Å². The van der Waals surface area contributed by atoms with Crippen LogP contribution in [0.3, 0.4) is 0 Å². The largest absolute Gasteiger partial charge is 0.329 e. The smallest absolute Gasteiger partial charge is 0.0304 e. The lowest BCUT2D eigenvalue weighted by atomic mass is 9.75. The van der Waals surface area contributed by atoms with Crippen LogP contribution in [0.15, 0.2) is 0 Å². The number of nitrogens with zero attached hydrogens (tertiary/aromatic N) is 1. The molecule has 0 aromatic carbocycles. The quantitative estimate of drug-likeness (QED) is 0.699. The highest BCUT2D eigenvalue weighted by molar-refractivity contribution is 4.93. The normalized spacial score (nSPS) is 28.8. The molecule has 0 aromatic heterocycles. The highest BCUT2D eigenvalue weighted by Gasteiger charge is 2.32. The Balaban J connectivity index is 2.33. The molecule has 108 valence electrons. The molecule has 0 radical (unpaired) electrons. The number of rotatable bonds is 8. The van der Waals surface area contributed by atoms with Crippen molar-refractivity contribution in [3.63, 3.8) is 0 Å². The Morgan fingerprint density at radius 1 is 1.17 bits per heavy atom. The van der Waals surface area contributed by atoms with E-state index in [4.69, 9.17) is 5.73 Å².